The molecule has 0 saturated heterocycles. The van der Waals surface area contributed by atoms with E-state index in [9.17, 15) is 19.0 Å². The second-order valence-corrected chi connectivity index (χ2v) is 15.3. The molecular formula is C43H78NO8P. The lowest BCUT2D eigenvalue weighted by atomic mass is 10.0. The predicted molar refractivity (Wildman–Crippen MR) is 220 cm³/mol. The summed E-state index contributed by atoms with van der Waals surface area (Å²) in [5, 5.41) is 0. The number of carbonyl (C=O) groups excluding carboxylic acids is 2. The third kappa shape index (κ3) is 39.5. The first-order chi connectivity index (χ1) is 25.8. The van der Waals surface area contributed by atoms with Gasteiger partial charge in [0, 0.05) is 19.4 Å². The highest BCUT2D eigenvalue weighted by Gasteiger charge is 2.25. The summed E-state index contributed by atoms with van der Waals surface area (Å²) in [5.41, 5.74) is 5.34. The second-order valence-electron chi connectivity index (χ2n) is 13.9. The Labute approximate surface area is 324 Å². The number of allylic oxidation sites excluding steroid dienone is 8. The Morgan fingerprint density at radius 2 is 1.00 bits per heavy atom. The lowest BCUT2D eigenvalue weighted by Crippen LogP contribution is -2.29. The number of hydrogen-bond donors (Lipinski definition) is 2. The lowest BCUT2D eigenvalue weighted by Gasteiger charge is -2.19. The van der Waals surface area contributed by atoms with E-state index in [-0.39, 0.29) is 32.6 Å². The largest absolute Gasteiger partial charge is 0.472 e. The zero-order valence-corrected chi connectivity index (χ0v) is 34.6. The Balaban J connectivity index is 4.26. The van der Waals surface area contributed by atoms with Crippen LogP contribution in [0.2, 0.25) is 0 Å². The number of hydrogen-bond acceptors (Lipinski definition) is 8. The Bertz CT molecular complexity index is 1010. The summed E-state index contributed by atoms with van der Waals surface area (Å²) in [6.07, 6.45) is 44.3. The van der Waals surface area contributed by atoms with Gasteiger partial charge < -0.3 is 20.1 Å². The van der Waals surface area contributed by atoms with Crippen molar-refractivity contribution in [3.05, 3.63) is 48.6 Å². The molecule has 308 valence electrons. The number of esters is 2. The minimum absolute atomic E-state index is 0.0443. The first-order valence-corrected chi connectivity index (χ1v) is 22.6. The van der Waals surface area contributed by atoms with Crippen LogP contribution < -0.4 is 5.73 Å². The van der Waals surface area contributed by atoms with Gasteiger partial charge in [0.1, 0.15) is 6.61 Å². The van der Waals surface area contributed by atoms with E-state index in [1.54, 1.807) is 0 Å². The predicted octanol–water partition coefficient (Wildman–Crippen LogP) is 11.9. The molecule has 9 nitrogen and oxygen atoms in total. The summed E-state index contributed by atoms with van der Waals surface area (Å²) in [7, 11) is -4.39. The molecule has 1 unspecified atom stereocenters. The van der Waals surface area contributed by atoms with Crippen LogP contribution in [0.15, 0.2) is 48.6 Å². The standard InChI is InChI=1S/C43H78NO8P/c1-3-5-7-9-11-13-15-17-19-20-22-24-26-28-30-32-34-36-43(46)52-41(40-51-53(47,48)50-38-37-44)39-49-42(45)35-33-31-29-27-25-23-21-18-16-14-12-10-8-6-4-2/h11,13,17,19,22,24,28,30,41H,3-10,12,14-16,18,20-21,23,25-27,29,31-40,44H2,1-2H3,(H,47,48)/b13-11+,19-17+,24-22-,30-28+/t41-/m1/s1. The van der Waals surface area contributed by atoms with Gasteiger partial charge in [0.2, 0.25) is 0 Å². The van der Waals surface area contributed by atoms with Gasteiger partial charge in [-0.2, -0.15) is 0 Å². The molecule has 0 bridgehead atoms. The SMILES string of the molecule is CCCCC/C=C/C/C=C/C/C=C\C/C=C/CCCC(=O)O[C@H](COC(=O)CCCCCCCCCCCCCCCCC)COP(=O)(O)OCCN. The minimum atomic E-state index is -4.39. The highest BCUT2D eigenvalue weighted by Crippen LogP contribution is 2.43. The van der Waals surface area contributed by atoms with Gasteiger partial charge in [-0.25, -0.2) is 4.57 Å². The molecule has 0 aromatic carbocycles. The molecule has 0 aromatic heterocycles. The van der Waals surface area contributed by atoms with Gasteiger partial charge >= 0.3 is 19.8 Å². The van der Waals surface area contributed by atoms with Gasteiger partial charge in [0.15, 0.2) is 6.10 Å². The monoisotopic (exact) mass is 768 g/mol. The van der Waals surface area contributed by atoms with Crippen LogP contribution >= 0.6 is 7.82 Å². The van der Waals surface area contributed by atoms with Crippen LogP contribution in [-0.4, -0.2) is 49.3 Å². The molecule has 0 amide bonds. The van der Waals surface area contributed by atoms with E-state index in [0.717, 1.165) is 38.5 Å². The highest BCUT2D eigenvalue weighted by molar-refractivity contribution is 7.47. The highest BCUT2D eigenvalue weighted by atomic mass is 31.2. The Morgan fingerprint density at radius 1 is 0.566 bits per heavy atom. The summed E-state index contributed by atoms with van der Waals surface area (Å²) >= 11 is 0. The van der Waals surface area contributed by atoms with E-state index in [0.29, 0.717) is 12.8 Å². The lowest BCUT2D eigenvalue weighted by molar-refractivity contribution is -0.161. The van der Waals surface area contributed by atoms with Crippen molar-refractivity contribution in [3.8, 4) is 0 Å². The fraction of sp³-hybridized carbons (Fsp3) is 0.767. The second kappa shape index (κ2) is 39.7. The van der Waals surface area contributed by atoms with Crippen molar-refractivity contribution in [1.82, 2.24) is 0 Å². The van der Waals surface area contributed by atoms with Crippen LogP contribution in [-0.2, 0) is 32.7 Å². The van der Waals surface area contributed by atoms with Gasteiger partial charge in [-0.05, 0) is 51.4 Å². The van der Waals surface area contributed by atoms with Gasteiger partial charge in [0.05, 0.1) is 13.2 Å². The van der Waals surface area contributed by atoms with Gasteiger partial charge in [0.25, 0.3) is 0 Å². The van der Waals surface area contributed by atoms with E-state index in [1.807, 2.05) is 6.08 Å². The first-order valence-electron chi connectivity index (χ1n) is 21.1. The number of unbranched alkanes of at least 4 members (excludes halogenated alkanes) is 18. The summed E-state index contributed by atoms with van der Waals surface area (Å²) in [6.45, 7) is 3.64. The molecule has 3 N–H and O–H groups in total. The van der Waals surface area contributed by atoms with Crippen molar-refractivity contribution in [3.63, 3.8) is 0 Å². The molecular weight excluding hydrogens is 689 g/mol. The molecule has 53 heavy (non-hydrogen) atoms. The van der Waals surface area contributed by atoms with Crippen LogP contribution in [0.5, 0.6) is 0 Å². The summed E-state index contributed by atoms with van der Waals surface area (Å²) in [5.74, 6) is -0.892. The van der Waals surface area contributed by atoms with E-state index >= 15 is 0 Å². The van der Waals surface area contributed by atoms with Crippen molar-refractivity contribution in [2.45, 2.75) is 187 Å². The summed E-state index contributed by atoms with van der Waals surface area (Å²) in [6, 6.07) is 0. The Kier molecular flexibility index (Phi) is 38.1. The number of phosphoric acid groups is 1. The van der Waals surface area contributed by atoms with Crippen molar-refractivity contribution in [2.24, 2.45) is 5.73 Å². The Hall–Kier alpha value is -2.03. The molecule has 0 rings (SSSR count). The van der Waals surface area contributed by atoms with Gasteiger partial charge in [-0.1, -0.05) is 165 Å². The van der Waals surface area contributed by atoms with Crippen LogP contribution in [0, 0.1) is 0 Å². The minimum Gasteiger partial charge on any atom is -0.462 e. The smallest absolute Gasteiger partial charge is 0.462 e. The van der Waals surface area contributed by atoms with Crippen LogP contribution in [0.3, 0.4) is 0 Å². The van der Waals surface area contributed by atoms with Crippen molar-refractivity contribution < 1.29 is 37.6 Å². The third-order valence-electron chi connectivity index (χ3n) is 8.72. The van der Waals surface area contributed by atoms with Crippen molar-refractivity contribution >= 4 is 19.8 Å². The number of carbonyl (C=O) groups is 2. The molecule has 0 saturated carbocycles. The molecule has 0 radical (unpaired) electrons. The Morgan fingerprint density at radius 3 is 1.51 bits per heavy atom. The number of nitrogens with two attached hydrogens (primary N) is 1. The molecule has 0 aromatic rings. The van der Waals surface area contributed by atoms with E-state index < -0.39 is 32.5 Å². The molecule has 0 spiro atoms. The van der Waals surface area contributed by atoms with E-state index in [1.165, 1.54) is 103 Å². The molecule has 10 heteroatoms. The van der Waals surface area contributed by atoms with E-state index in [2.05, 4.69) is 56.4 Å². The molecule has 0 aliphatic heterocycles. The topological polar surface area (TPSA) is 134 Å². The zero-order chi connectivity index (χ0) is 38.9. The maximum Gasteiger partial charge on any atom is 0.472 e. The van der Waals surface area contributed by atoms with Crippen LogP contribution in [0.1, 0.15) is 181 Å². The zero-order valence-electron chi connectivity index (χ0n) is 33.7. The molecule has 0 aliphatic rings. The van der Waals surface area contributed by atoms with Gasteiger partial charge in [-0.3, -0.25) is 18.6 Å². The molecule has 0 fully saturated rings. The number of phosphoric ester groups is 1. The molecule has 2 atom stereocenters. The third-order valence-corrected chi connectivity index (χ3v) is 9.70. The number of rotatable bonds is 39. The summed E-state index contributed by atoms with van der Waals surface area (Å²) < 4.78 is 32.7. The van der Waals surface area contributed by atoms with Crippen molar-refractivity contribution in [1.29, 1.82) is 0 Å². The van der Waals surface area contributed by atoms with Crippen molar-refractivity contribution in [2.75, 3.05) is 26.4 Å². The summed E-state index contributed by atoms with van der Waals surface area (Å²) in [4.78, 5) is 34.8. The normalized spacial score (nSPS) is 13.8. The average molecular weight is 768 g/mol. The first kappa shape index (κ1) is 51.0. The number of ether oxygens (including phenoxy) is 2. The van der Waals surface area contributed by atoms with Crippen LogP contribution in [0.25, 0.3) is 0 Å². The van der Waals surface area contributed by atoms with Gasteiger partial charge in [-0.15, -0.1) is 0 Å². The quantitative estimate of drug-likeness (QED) is 0.0271. The maximum atomic E-state index is 12.5. The maximum absolute atomic E-state index is 12.5. The van der Waals surface area contributed by atoms with Crippen LogP contribution in [0.4, 0.5) is 0 Å². The van der Waals surface area contributed by atoms with E-state index in [4.69, 9.17) is 24.3 Å². The fourth-order valence-electron chi connectivity index (χ4n) is 5.57. The average Bonchev–Trinajstić information content (AvgIpc) is 3.14. The molecule has 0 aliphatic carbocycles. The molecule has 0 heterocycles. The fourth-order valence-corrected chi connectivity index (χ4v) is 6.33.